The topological polar surface area (TPSA) is 72.6 Å². The van der Waals surface area contributed by atoms with Gasteiger partial charge in [-0.25, -0.2) is 4.79 Å². The molecular formula is C17H24N2O3. The number of nitrogens with two attached hydrogens (primary N) is 1. The number of ether oxygens (including phenoxy) is 1. The highest BCUT2D eigenvalue weighted by molar-refractivity contribution is 5.79. The molecule has 2 N–H and O–H groups in total. The largest absolute Gasteiger partial charge is 0.444 e. The van der Waals surface area contributed by atoms with E-state index in [1.54, 1.807) is 4.90 Å². The summed E-state index contributed by atoms with van der Waals surface area (Å²) in [7, 11) is 0. The monoisotopic (exact) mass is 304 g/mol. The van der Waals surface area contributed by atoms with Crippen molar-refractivity contribution < 1.29 is 14.3 Å². The number of primary amides is 1. The molecule has 1 saturated heterocycles. The summed E-state index contributed by atoms with van der Waals surface area (Å²) < 4.78 is 5.38. The van der Waals surface area contributed by atoms with Crippen LogP contribution in [0, 0.1) is 5.92 Å². The summed E-state index contributed by atoms with van der Waals surface area (Å²) in [6.45, 7) is 6.36. The van der Waals surface area contributed by atoms with Crippen molar-refractivity contribution in [3.8, 4) is 0 Å². The molecule has 120 valence electrons. The van der Waals surface area contributed by atoms with Crippen molar-refractivity contribution in [3.63, 3.8) is 0 Å². The summed E-state index contributed by atoms with van der Waals surface area (Å²) >= 11 is 0. The first-order valence-corrected chi connectivity index (χ1v) is 7.60. The Morgan fingerprint density at radius 1 is 1.23 bits per heavy atom. The maximum atomic E-state index is 12.2. The zero-order valence-electron chi connectivity index (χ0n) is 13.4. The van der Waals surface area contributed by atoms with Gasteiger partial charge in [-0.2, -0.15) is 0 Å². The smallest absolute Gasteiger partial charge is 0.410 e. The van der Waals surface area contributed by atoms with Gasteiger partial charge in [-0.05, 0) is 38.7 Å². The molecule has 0 saturated carbocycles. The van der Waals surface area contributed by atoms with E-state index in [0.29, 0.717) is 19.5 Å². The second-order valence-electron chi connectivity index (χ2n) is 6.74. The van der Waals surface area contributed by atoms with Gasteiger partial charge >= 0.3 is 6.09 Å². The molecule has 2 atom stereocenters. The van der Waals surface area contributed by atoms with Crippen molar-refractivity contribution in [1.82, 2.24) is 4.90 Å². The van der Waals surface area contributed by atoms with Crippen molar-refractivity contribution >= 4 is 12.0 Å². The second kappa shape index (κ2) is 6.38. The van der Waals surface area contributed by atoms with Crippen molar-refractivity contribution in [2.24, 2.45) is 11.7 Å². The summed E-state index contributed by atoms with van der Waals surface area (Å²) in [5, 5.41) is 0. The highest BCUT2D eigenvalue weighted by Crippen LogP contribution is 2.33. The van der Waals surface area contributed by atoms with E-state index in [4.69, 9.17) is 10.5 Å². The summed E-state index contributed by atoms with van der Waals surface area (Å²) in [4.78, 5) is 25.6. The van der Waals surface area contributed by atoms with E-state index >= 15 is 0 Å². The van der Waals surface area contributed by atoms with Crippen LogP contribution in [0.15, 0.2) is 30.3 Å². The fourth-order valence-corrected chi connectivity index (χ4v) is 2.83. The molecule has 22 heavy (non-hydrogen) atoms. The van der Waals surface area contributed by atoms with E-state index in [2.05, 4.69) is 0 Å². The third kappa shape index (κ3) is 4.00. The first kappa shape index (κ1) is 16.3. The number of nitrogens with zero attached hydrogens (tertiary/aromatic N) is 1. The molecule has 1 heterocycles. The lowest BCUT2D eigenvalue weighted by Gasteiger charge is -2.37. The minimum Gasteiger partial charge on any atom is -0.444 e. The number of hydrogen-bond donors (Lipinski definition) is 1. The second-order valence-corrected chi connectivity index (χ2v) is 6.74. The number of benzene rings is 1. The number of amides is 2. The van der Waals surface area contributed by atoms with Crippen LogP contribution in [0.1, 0.15) is 38.7 Å². The lowest BCUT2D eigenvalue weighted by molar-refractivity contribution is -0.124. The van der Waals surface area contributed by atoms with Gasteiger partial charge in [0, 0.05) is 13.1 Å². The van der Waals surface area contributed by atoms with Gasteiger partial charge in [0.15, 0.2) is 0 Å². The lowest BCUT2D eigenvalue weighted by Crippen LogP contribution is -2.48. The normalized spacial score (nSPS) is 22.2. The molecule has 0 unspecified atom stereocenters. The zero-order valence-corrected chi connectivity index (χ0v) is 13.4. The molecule has 1 aliphatic rings. The highest BCUT2D eigenvalue weighted by atomic mass is 16.6. The van der Waals surface area contributed by atoms with Gasteiger partial charge in [0.1, 0.15) is 5.60 Å². The molecule has 1 aromatic rings. The number of carbonyl (C=O) groups is 2. The Kier molecular flexibility index (Phi) is 4.74. The van der Waals surface area contributed by atoms with Gasteiger partial charge in [-0.3, -0.25) is 4.79 Å². The van der Waals surface area contributed by atoms with Crippen LogP contribution in [0.3, 0.4) is 0 Å². The molecule has 1 aromatic carbocycles. The molecule has 2 rings (SSSR count). The van der Waals surface area contributed by atoms with Crippen LogP contribution in [0.5, 0.6) is 0 Å². The van der Waals surface area contributed by atoms with Crippen LogP contribution in [-0.4, -0.2) is 35.6 Å². The summed E-state index contributed by atoms with van der Waals surface area (Å²) in [6, 6.07) is 9.85. The van der Waals surface area contributed by atoms with Crippen molar-refractivity contribution in [3.05, 3.63) is 35.9 Å². The van der Waals surface area contributed by atoms with Crippen LogP contribution in [-0.2, 0) is 9.53 Å². The summed E-state index contributed by atoms with van der Waals surface area (Å²) in [5.74, 6) is -0.705. The van der Waals surface area contributed by atoms with Crippen LogP contribution in [0.4, 0.5) is 4.79 Å². The molecule has 0 spiro atoms. The van der Waals surface area contributed by atoms with Gasteiger partial charge in [0.25, 0.3) is 0 Å². The highest BCUT2D eigenvalue weighted by Gasteiger charge is 2.37. The van der Waals surface area contributed by atoms with Crippen molar-refractivity contribution in [2.75, 3.05) is 13.1 Å². The third-order valence-corrected chi connectivity index (χ3v) is 3.86. The Labute approximate surface area is 131 Å². The van der Waals surface area contributed by atoms with Gasteiger partial charge < -0.3 is 15.4 Å². The zero-order chi connectivity index (χ0) is 16.3. The third-order valence-electron chi connectivity index (χ3n) is 3.86. The predicted molar refractivity (Wildman–Crippen MR) is 84.3 cm³/mol. The molecule has 0 aliphatic carbocycles. The SMILES string of the molecule is CC(C)(C)OC(=O)N1CC[C@@H](c2ccccc2)[C@@H](C(N)=O)C1. The van der Waals surface area contributed by atoms with Crippen molar-refractivity contribution in [2.45, 2.75) is 38.7 Å². The minimum atomic E-state index is -0.546. The van der Waals surface area contributed by atoms with E-state index in [1.165, 1.54) is 0 Å². The van der Waals surface area contributed by atoms with E-state index in [9.17, 15) is 9.59 Å². The molecule has 5 nitrogen and oxygen atoms in total. The van der Waals surface area contributed by atoms with Crippen LogP contribution in [0.2, 0.25) is 0 Å². The van der Waals surface area contributed by atoms with Crippen molar-refractivity contribution in [1.29, 1.82) is 0 Å². The van der Waals surface area contributed by atoms with Gasteiger partial charge in [0.2, 0.25) is 5.91 Å². The van der Waals surface area contributed by atoms with Gasteiger partial charge in [-0.1, -0.05) is 30.3 Å². The molecule has 0 aromatic heterocycles. The Bertz CT molecular complexity index is 537. The number of rotatable bonds is 2. The quantitative estimate of drug-likeness (QED) is 0.912. The summed E-state index contributed by atoms with van der Waals surface area (Å²) in [5.41, 5.74) is 6.11. The fourth-order valence-electron chi connectivity index (χ4n) is 2.83. The minimum absolute atomic E-state index is 0.0531. The maximum absolute atomic E-state index is 12.2. The Hall–Kier alpha value is -2.04. The fraction of sp³-hybridized carbons (Fsp3) is 0.529. The summed E-state index contributed by atoms with van der Waals surface area (Å²) in [6.07, 6.45) is 0.321. The molecule has 0 radical (unpaired) electrons. The first-order chi connectivity index (χ1) is 10.3. The molecule has 5 heteroatoms. The van der Waals surface area contributed by atoms with E-state index in [-0.39, 0.29) is 23.8 Å². The molecule has 0 bridgehead atoms. The number of piperidine rings is 1. The predicted octanol–water partition coefficient (Wildman–Crippen LogP) is 2.51. The Morgan fingerprint density at radius 2 is 1.86 bits per heavy atom. The molecule has 2 amide bonds. The standard InChI is InChI=1S/C17H24N2O3/c1-17(2,3)22-16(21)19-10-9-13(14(11-19)15(18)20)12-7-5-4-6-8-12/h4-8,13-14H,9-11H2,1-3H3,(H2,18,20)/t13-,14-/m0/s1. The van der Waals surface area contributed by atoms with Crippen LogP contribution >= 0.6 is 0 Å². The molecule has 1 fully saturated rings. The van der Waals surface area contributed by atoms with Crippen LogP contribution < -0.4 is 5.73 Å². The average molecular weight is 304 g/mol. The van der Waals surface area contributed by atoms with E-state index < -0.39 is 5.60 Å². The molecular weight excluding hydrogens is 280 g/mol. The number of carbonyl (C=O) groups excluding carboxylic acids is 2. The maximum Gasteiger partial charge on any atom is 0.410 e. The Balaban J connectivity index is 2.12. The average Bonchev–Trinajstić information content (AvgIpc) is 2.45. The van der Waals surface area contributed by atoms with Gasteiger partial charge in [0.05, 0.1) is 5.92 Å². The van der Waals surface area contributed by atoms with E-state index in [0.717, 1.165) is 5.56 Å². The number of hydrogen-bond acceptors (Lipinski definition) is 3. The van der Waals surface area contributed by atoms with Gasteiger partial charge in [-0.15, -0.1) is 0 Å². The molecule has 1 aliphatic heterocycles. The van der Waals surface area contributed by atoms with E-state index in [1.807, 2.05) is 51.1 Å². The lowest BCUT2D eigenvalue weighted by atomic mass is 9.80. The number of likely N-dealkylation sites (tertiary alicyclic amines) is 1. The Morgan fingerprint density at radius 3 is 2.41 bits per heavy atom. The first-order valence-electron chi connectivity index (χ1n) is 7.60. The van der Waals surface area contributed by atoms with Crippen LogP contribution in [0.25, 0.3) is 0 Å².